The topological polar surface area (TPSA) is 22.0 Å². The molecule has 0 bridgehead atoms. The first-order valence-electron chi connectivity index (χ1n) is 8.09. The smallest absolute Gasteiger partial charge is 0.306 e. The minimum atomic E-state index is 0. The molecule has 0 saturated heterocycles. The highest BCUT2D eigenvalue weighted by Crippen LogP contribution is 2.20. The summed E-state index contributed by atoms with van der Waals surface area (Å²) in [4.78, 5) is 12.6. The Morgan fingerprint density at radius 2 is 1.55 bits per heavy atom. The van der Waals surface area contributed by atoms with E-state index in [-0.39, 0.29) is 17.3 Å². The third kappa shape index (κ3) is 4.12. The predicted octanol–water partition coefficient (Wildman–Crippen LogP) is 4.49. The number of fused-ring (bicyclic) bond motifs is 1. The summed E-state index contributed by atoms with van der Waals surface area (Å²) in [6, 6.07) is 8.16. The van der Waals surface area contributed by atoms with Gasteiger partial charge in [0.2, 0.25) is 0 Å². The highest BCUT2D eigenvalue weighted by molar-refractivity contribution is 7.16. The Morgan fingerprint density at radius 3 is 2.09 bits per heavy atom. The molecule has 2 aromatic rings. The highest BCUT2D eigenvalue weighted by Gasteiger charge is 2.26. The number of thiazole rings is 1. The Labute approximate surface area is 143 Å². The summed E-state index contributed by atoms with van der Waals surface area (Å²) in [6.07, 6.45) is 3.49. The van der Waals surface area contributed by atoms with Crippen LogP contribution in [0.4, 0.5) is 0 Å². The first kappa shape index (κ1) is 19.2. The van der Waals surface area contributed by atoms with Gasteiger partial charge in [0, 0.05) is 0 Å². The van der Waals surface area contributed by atoms with Gasteiger partial charge in [-0.05, 0) is 31.4 Å². The molecule has 2 rings (SSSR count). The van der Waals surface area contributed by atoms with Gasteiger partial charge in [0.1, 0.15) is 0 Å². The zero-order valence-electron chi connectivity index (χ0n) is 13.9. The normalized spacial score (nSPS) is 11.6. The van der Waals surface area contributed by atoms with Crippen LogP contribution in [0.15, 0.2) is 29.1 Å². The van der Waals surface area contributed by atoms with Crippen LogP contribution in [0.25, 0.3) is 10.2 Å². The molecule has 0 aliphatic heterocycles. The molecule has 0 saturated carbocycles. The van der Waals surface area contributed by atoms with Gasteiger partial charge >= 0.3 is 4.87 Å². The third-order valence-electron chi connectivity index (χ3n) is 4.11. The third-order valence-corrected chi connectivity index (χ3v) is 5.07. The largest absolute Gasteiger partial charge is 0.312 e. The van der Waals surface area contributed by atoms with E-state index in [2.05, 4.69) is 26.8 Å². The van der Waals surface area contributed by atoms with Crippen molar-refractivity contribution < 1.29 is 4.48 Å². The number of nitrogens with zero attached hydrogens (tertiary/aromatic N) is 2. The standard InChI is InChI=1S/C17H27N2OS.ClH/c1-4-11-19(12-5-2,13-6-3)14-18-15-9-7-8-10-16(15)21-17(18)20;/h7-10H,4-6,11-14H2,1-3H3;1H/q+1;. The Morgan fingerprint density at radius 1 is 1.00 bits per heavy atom. The summed E-state index contributed by atoms with van der Waals surface area (Å²) in [5.74, 6) is 0. The second kappa shape index (κ2) is 8.70. The zero-order chi connectivity index (χ0) is 15.3. The molecular weight excluding hydrogens is 316 g/mol. The van der Waals surface area contributed by atoms with Crippen LogP contribution in [-0.4, -0.2) is 28.7 Å². The molecule has 5 heteroatoms. The number of halogens is 1. The lowest BCUT2D eigenvalue weighted by Gasteiger charge is -2.38. The van der Waals surface area contributed by atoms with E-state index in [1.807, 2.05) is 22.8 Å². The maximum Gasteiger partial charge on any atom is 0.312 e. The van der Waals surface area contributed by atoms with Crippen LogP contribution in [0.3, 0.4) is 0 Å². The van der Waals surface area contributed by atoms with Gasteiger partial charge < -0.3 is 4.48 Å². The van der Waals surface area contributed by atoms with Gasteiger partial charge in [-0.2, -0.15) is 0 Å². The van der Waals surface area contributed by atoms with Crippen molar-refractivity contribution in [3.63, 3.8) is 0 Å². The average Bonchev–Trinajstić information content (AvgIpc) is 2.76. The fourth-order valence-electron chi connectivity index (χ4n) is 3.42. The first-order chi connectivity index (χ1) is 10.2. The summed E-state index contributed by atoms with van der Waals surface area (Å²) in [5.41, 5.74) is 1.10. The van der Waals surface area contributed by atoms with Crippen molar-refractivity contribution in [2.24, 2.45) is 0 Å². The Bertz CT molecular complexity index is 618. The molecule has 0 radical (unpaired) electrons. The minimum Gasteiger partial charge on any atom is -0.306 e. The van der Waals surface area contributed by atoms with Gasteiger partial charge in [0.25, 0.3) is 0 Å². The second-order valence-corrected chi connectivity index (χ2v) is 6.91. The van der Waals surface area contributed by atoms with Crippen molar-refractivity contribution in [1.29, 1.82) is 0 Å². The molecule has 0 fully saturated rings. The summed E-state index contributed by atoms with van der Waals surface area (Å²) in [7, 11) is 0. The molecule has 124 valence electrons. The summed E-state index contributed by atoms with van der Waals surface area (Å²) < 4.78 is 4.13. The minimum absolute atomic E-state index is 0. The Hall–Kier alpha value is -0.840. The van der Waals surface area contributed by atoms with Gasteiger partial charge in [-0.15, -0.1) is 12.4 Å². The highest BCUT2D eigenvalue weighted by atomic mass is 35.5. The number of aromatic nitrogens is 1. The summed E-state index contributed by atoms with van der Waals surface area (Å²) in [5, 5.41) is 0. The lowest BCUT2D eigenvalue weighted by atomic mass is 10.2. The summed E-state index contributed by atoms with van der Waals surface area (Å²) in [6.45, 7) is 11.0. The van der Waals surface area contributed by atoms with Gasteiger partial charge in [0.15, 0.2) is 6.67 Å². The maximum absolute atomic E-state index is 12.4. The predicted molar refractivity (Wildman–Crippen MR) is 99.1 cm³/mol. The van der Waals surface area contributed by atoms with Crippen LogP contribution in [0.2, 0.25) is 0 Å². The van der Waals surface area contributed by atoms with E-state index in [0.717, 1.165) is 60.3 Å². The first-order valence-corrected chi connectivity index (χ1v) is 8.91. The lowest BCUT2D eigenvalue weighted by molar-refractivity contribution is -0.949. The molecule has 1 heterocycles. The van der Waals surface area contributed by atoms with Crippen LogP contribution in [-0.2, 0) is 6.67 Å². The van der Waals surface area contributed by atoms with Crippen molar-refractivity contribution >= 4 is 34.0 Å². The molecule has 1 aromatic heterocycles. The molecule has 1 aromatic carbocycles. The molecule has 0 amide bonds. The molecule has 0 atom stereocenters. The zero-order valence-corrected chi connectivity index (χ0v) is 15.5. The van der Waals surface area contributed by atoms with E-state index in [1.165, 1.54) is 11.3 Å². The molecule has 0 unspecified atom stereocenters. The SMILES string of the molecule is CCC[N+](CCC)(CCC)Cn1c(=O)sc2ccccc21.Cl. The molecule has 0 spiro atoms. The van der Waals surface area contributed by atoms with Crippen LogP contribution < -0.4 is 4.87 Å². The van der Waals surface area contributed by atoms with Crippen molar-refractivity contribution in [2.75, 3.05) is 19.6 Å². The summed E-state index contributed by atoms with van der Waals surface area (Å²) >= 11 is 1.37. The molecule has 22 heavy (non-hydrogen) atoms. The van der Waals surface area contributed by atoms with Crippen LogP contribution >= 0.6 is 23.7 Å². The molecule has 3 nitrogen and oxygen atoms in total. The lowest BCUT2D eigenvalue weighted by Crippen LogP contribution is -2.51. The van der Waals surface area contributed by atoms with Gasteiger partial charge in [-0.1, -0.05) is 44.2 Å². The van der Waals surface area contributed by atoms with Gasteiger partial charge in [-0.3, -0.25) is 9.36 Å². The van der Waals surface area contributed by atoms with Gasteiger partial charge in [0.05, 0.1) is 29.9 Å². The molecular formula is C17H28ClN2OS+. The van der Waals surface area contributed by atoms with E-state index >= 15 is 0 Å². The van der Waals surface area contributed by atoms with Crippen LogP contribution in [0, 0.1) is 0 Å². The van der Waals surface area contributed by atoms with Crippen molar-refractivity contribution in [3.8, 4) is 0 Å². The fourth-order valence-corrected chi connectivity index (χ4v) is 4.30. The Balaban J connectivity index is 0.00000242. The fraction of sp³-hybridized carbons (Fsp3) is 0.588. The van der Waals surface area contributed by atoms with E-state index in [4.69, 9.17) is 0 Å². The number of hydrogen-bond acceptors (Lipinski definition) is 2. The molecule has 0 aliphatic carbocycles. The number of quaternary nitrogens is 1. The van der Waals surface area contributed by atoms with E-state index in [9.17, 15) is 4.79 Å². The van der Waals surface area contributed by atoms with Crippen molar-refractivity contribution in [3.05, 3.63) is 33.9 Å². The number of rotatable bonds is 8. The number of hydrogen-bond donors (Lipinski definition) is 0. The second-order valence-electron chi connectivity index (χ2n) is 5.92. The maximum atomic E-state index is 12.4. The van der Waals surface area contributed by atoms with E-state index < -0.39 is 0 Å². The van der Waals surface area contributed by atoms with E-state index in [1.54, 1.807) is 0 Å². The van der Waals surface area contributed by atoms with Crippen LogP contribution in [0.5, 0.6) is 0 Å². The average molecular weight is 344 g/mol. The van der Waals surface area contributed by atoms with Gasteiger partial charge in [-0.25, -0.2) is 0 Å². The monoisotopic (exact) mass is 343 g/mol. The molecule has 0 aliphatic rings. The van der Waals surface area contributed by atoms with Crippen LogP contribution in [0.1, 0.15) is 40.0 Å². The Kier molecular flexibility index (Phi) is 7.60. The molecule has 0 N–H and O–H groups in total. The van der Waals surface area contributed by atoms with Crippen molar-refractivity contribution in [2.45, 2.75) is 46.7 Å². The van der Waals surface area contributed by atoms with Crippen molar-refractivity contribution in [1.82, 2.24) is 4.57 Å². The number of para-hydroxylation sites is 1. The van der Waals surface area contributed by atoms with E-state index in [0.29, 0.717) is 0 Å². The number of benzene rings is 1. The quantitative estimate of drug-likeness (QED) is 0.647.